The molecule has 0 aliphatic heterocycles. The van der Waals surface area contributed by atoms with Crippen LogP contribution in [0.15, 0.2) is 0 Å². The summed E-state index contributed by atoms with van der Waals surface area (Å²) in [6.45, 7) is 9.06. The fourth-order valence-corrected chi connectivity index (χ4v) is 2.35. The SMILES string of the molecule is CCN(C)CCNS(=O)(=O)CCCNC(C)C. The Kier molecular flexibility index (Phi) is 8.77. The number of hydrogen-bond acceptors (Lipinski definition) is 4. The highest BCUT2D eigenvalue weighted by Crippen LogP contribution is 1.90. The van der Waals surface area contributed by atoms with Crippen LogP contribution in [0.1, 0.15) is 27.2 Å². The van der Waals surface area contributed by atoms with Crippen molar-refractivity contribution in [1.82, 2.24) is 14.9 Å². The molecule has 0 aliphatic rings. The molecular weight excluding hydrogens is 238 g/mol. The summed E-state index contributed by atoms with van der Waals surface area (Å²) in [7, 11) is -1.13. The highest BCUT2D eigenvalue weighted by atomic mass is 32.2. The van der Waals surface area contributed by atoms with E-state index in [9.17, 15) is 8.42 Å². The third-order valence-corrected chi connectivity index (χ3v) is 3.97. The van der Waals surface area contributed by atoms with E-state index in [0.29, 0.717) is 19.0 Å². The summed E-state index contributed by atoms with van der Waals surface area (Å²) >= 11 is 0. The number of sulfonamides is 1. The Morgan fingerprint density at radius 1 is 1.24 bits per heavy atom. The van der Waals surface area contributed by atoms with Crippen LogP contribution in [0.4, 0.5) is 0 Å². The van der Waals surface area contributed by atoms with E-state index in [4.69, 9.17) is 0 Å². The van der Waals surface area contributed by atoms with E-state index in [0.717, 1.165) is 19.6 Å². The molecular formula is C11H27N3O2S. The van der Waals surface area contributed by atoms with Gasteiger partial charge in [0.05, 0.1) is 5.75 Å². The Morgan fingerprint density at radius 3 is 2.41 bits per heavy atom. The molecule has 5 nitrogen and oxygen atoms in total. The standard InChI is InChI=1S/C11H27N3O2S/c1-5-14(4)9-8-13-17(15,16)10-6-7-12-11(2)3/h11-13H,5-10H2,1-4H3. The molecule has 0 aromatic rings. The lowest BCUT2D eigenvalue weighted by Gasteiger charge is -2.14. The van der Waals surface area contributed by atoms with E-state index in [1.165, 1.54) is 0 Å². The van der Waals surface area contributed by atoms with Crippen molar-refractivity contribution in [2.75, 3.05) is 39.0 Å². The predicted molar refractivity (Wildman–Crippen MR) is 72.7 cm³/mol. The van der Waals surface area contributed by atoms with Gasteiger partial charge in [-0.25, -0.2) is 13.1 Å². The van der Waals surface area contributed by atoms with Crippen LogP contribution in [-0.2, 0) is 10.0 Å². The maximum Gasteiger partial charge on any atom is 0.211 e. The maximum atomic E-state index is 11.6. The topological polar surface area (TPSA) is 61.4 Å². The zero-order valence-electron chi connectivity index (χ0n) is 11.5. The van der Waals surface area contributed by atoms with Gasteiger partial charge in [-0.2, -0.15) is 0 Å². The number of rotatable bonds is 10. The molecule has 0 atom stereocenters. The molecule has 0 unspecified atom stereocenters. The number of nitrogens with one attached hydrogen (secondary N) is 2. The summed E-state index contributed by atoms with van der Waals surface area (Å²) in [6, 6.07) is 0.406. The lowest BCUT2D eigenvalue weighted by Crippen LogP contribution is -2.35. The third-order valence-electron chi connectivity index (χ3n) is 2.50. The van der Waals surface area contributed by atoms with Gasteiger partial charge >= 0.3 is 0 Å². The van der Waals surface area contributed by atoms with E-state index in [2.05, 4.69) is 14.9 Å². The molecule has 0 spiro atoms. The van der Waals surface area contributed by atoms with Crippen LogP contribution in [0.2, 0.25) is 0 Å². The zero-order valence-corrected chi connectivity index (χ0v) is 12.3. The Morgan fingerprint density at radius 2 is 1.88 bits per heavy atom. The average molecular weight is 265 g/mol. The maximum absolute atomic E-state index is 11.6. The van der Waals surface area contributed by atoms with E-state index >= 15 is 0 Å². The van der Waals surface area contributed by atoms with Crippen molar-refractivity contribution >= 4 is 10.0 Å². The quantitative estimate of drug-likeness (QED) is 0.556. The summed E-state index contributed by atoms with van der Waals surface area (Å²) in [6.07, 6.45) is 0.650. The molecule has 0 amide bonds. The molecule has 17 heavy (non-hydrogen) atoms. The van der Waals surface area contributed by atoms with Crippen LogP contribution in [0.25, 0.3) is 0 Å². The van der Waals surface area contributed by atoms with Crippen molar-refractivity contribution in [3.8, 4) is 0 Å². The second kappa shape index (κ2) is 8.85. The summed E-state index contributed by atoms with van der Waals surface area (Å²) in [5, 5.41) is 3.20. The minimum absolute atomic E-state index is 0.197. The third kappa shape index (κ3) is 10.7. The molecule has 0 aromatic carbocycles. The molecule has 0 fully saturated rings. The summed E-state index contributed by atoms with van der Waals surface area (Å²) in [5.74, 6) is 0.197. The highest BCUT2D eigenvalue weighted by Gasteiger charge is 2.09. The first kappa shape index (κ1) is 16.8. The summed E-state index contributed by atoms with van der Waals surface area (Å²) in [4.78, 5) is 2.07. The van der Waals surface area contributed by atoms with Crippen LogP contribution in [0.3, 0.4) is 0 Å². The highest BCUT2D eigenvalue weighted by molar-refractivity contribution is 7.89. The van der Waals surface area contributed by atoms with E-state index in [1.807, 2.05) is 27.8 Å². The Bertz CT molecular complexity index is 278. The van der Waals surface area contributed by atoms with Crippen LogP contribution < -0.4 is 10.0 Å². The first-order valence-corrected chi connectivity index (χ1v) is 7.92. The Hall–Kier alpha value is -0.170. The second-order valence-corrected chi connectivity index (χ2v) is 6.50. The molecule has 0 saturated heterocycles. The summed E-state index contributed by atoms with van der Waals surface area (Å²) < 4.78 is 25.8. The molecule has 0 radical (unpaired) electrons. The molecule has 104 valence electrons. The van der Waals surface area contributed by atoms with Gasteiger partial charge in [0, 0.05) is 19.1 Å². The van der Waals surface area contributed by atoms with Crippen molar-refractivity contribution in [2.24, 2.45) is 0 Å². The van der Waals surface area contributed by atoms with Crippen molar-refractivity contribution in [3.63, 3.8) is 0 Å². The van der Waals surface area contributed by atoms with Crippen LogP contribution in [0.5, 0.6) is 0 Å². The van der Waals surface area contributed by atoms with Crippen LogP contribution in [-0.4, -0.2) is 58.3 Å². The Labute approximate surface area is 106 Å². The molecule has 0 aliphatic carbocycles. The molecule has 0 aromatic heterocycles. The molecule has 2 N–H and O–H groups in total. The van der Waals surface area contributed by atoms with Crippen LogP contribution in [0, 0.1) is 0 Å². The van der Waals surface area contributed by atoms with Gasteiger partial charge in [0.2, 0.25) is 10.0 Å². The van der Waals surface area contributed by atoms with Gasteiger partial charge in [-0.05, 0) is 26.6 Å². The number of nitrogens with zero attached hydrogens (tertiary/aromatic N) is 1. The van der Waals surface area contributed by atoms with Gasteiger partial charge in [-0.1, -0.05) is 20.8 Å². The van der Waals surface area contributed by atoms with Gasteiger partial charge in [0.1, 0.15) is 0 Å². The van der Waals surface area contributed by atoms with Crippen molar-refractivity contribution in [2.45, 2.75) is 33.2 Å². The van der Waals surface area contributed by atoms with Gasteiger partial charge < -0.3 is 10.2 Å². The lowest BCUT2D eigenvalue weighted by atomic mass is 10.4. The van der Waals surface area contributed by atoms with Gasteiger partial charge in [-0.15, -0.1) is 0 Å². The van der Waals surface area contributed by atoms with Crippen molar-refractivity contribution < 1.29 is 8.42 Å². The predicted octanol–water partition coefficient (Wildman–Crippen LogP) is 0.246. The average Bonchev–Trinajstić information content (AvgIpc) is 2.23. The largest absolute Gasteiger partial charge is 0.314 e. The lowest BCUT2D eigenvalue weighted by molar-refractivity contribution is 0.358. The first-order chi connectivity index (χ1) is 7.87. The van der Waals surface area contributed by atoms with Gasteiger partial charge in [0.25, 0.3) is 0 Å². The molecule has 0 heterocycles. The van der Waals surface area contributed by atoms with Gasteiger partial charge in [-0.3, -0.25) is 0 Å². The molecule has 0 rings (SSSR count). The minimum atomic E-state index is -3.10. The molecule has 0 bridgehead atoms. The van der Waals surface area contributed by atoms with Crippen molar-refractivity contribution in [1.29, 1.82) is 0 Å². The fourth-order valence-electron chi connectivity index (χ4n) is 1.28. The smallest absolute Gasteiger partial charge is 0.211 e. The zero-order chi connectivity index (χ0) is 13.3. The minimum Gasteiger partial charge on any atom is -0.314 e. The number of likely N-dealkylation sites (N-methyl/N-ethyl adjacent to an activating group) is 1. The fraction of sp³-hybridized carbons (Fsp3) is 1.00. The second-order valence-electron chi connectivity index (χ2n) is 4.57. The normalized spacial score (nSPS) is 12.6. The van der Waals surface area contributed by atoms with Crippen LogP contribution >= 0.6 is 0 Å². The molecule has 0 saturated carbocycles. The monoisotopic (exact) mass is 265 g/mol. The number of hydrogen-bond donors (Lipinski definition) is 2. The first-order valence-electron chi connectivity index (χ1n) is 6.26. The Balaban J connectivity index is 3.66. The summed E-state index contributed by atoms with van der Waals surface area (Å²) in [5.41, 5.74) is 0. The van der Waals surface area contributed by atoms with E-state index in [-0.39, 0.29) is 5.75 Å². The molecule has 6 heteroatoms. The van der Waals surface area contributed by atoms with E-state index < -0.39 is 10.0 Å². The van der Waals surface area contributed by atoms with Gasteiger partial charge in [0.15, 0.2) is 0 Å². The van der Waals surface area contributed by atoms with E-state index in [1.54, 1.807) is 0 Å². The van der Waals surface area contributed by atoms with Crippen molar-refractivity contribution in [3.05, 3.63) is 0 Å².